The summed E-state index contributed by atoms with van der Waals surface area (Å²) in [4.78, 5) is 11.9. The lowest BCUT2D eigenvalue weighted by Crippen LogP contribution is -2.20. The summed E-state index contributed by atoms with van der Waals surface area (Å²) in [6, 6.07) is 19.8. The van der Waals surface area contributed by atoms with Crippen LogP contribution in [0.15, 0.2) is 72.8 Å². The molecule has 4 nitrogen and oxygen atoms in total. The highest BCUT2D eigenvalue weighted by atomic mass is 35.5. The molecule has 6 heteroatoms. The van der Waals surface area contributed by atoms with Crippen LogP contribution in [0, 0.1) is 5.82 Å². The molecule has 3 aromatic rings. The maximum Gasteiger partial charge on any atom is 0.323 e. The summed E-state index contributed by atoms with van der Waals surface area (Å²) < 4.78 is 19.2. The Labute approximate surface area is 155 Å². The van der Waals surface area contributed by atoms with Crippen LogP contribution in [0.4, 0.5) is 20.6 Å². The zero-order valence-corrected chi connectivity index (χ0v) is 14.5. The second kappa shape index (κ2) is 8.36. The predicted molar refractivity (Wildman–Crippen MR) is 101 cm³/mol. The van der Waals surface area contributed by atoms with Crippen molar-refractivity contribution in [3.05, 3.63) is 89.2 Å². The van der Waals surface area contributed by atoms with Gasteiger partial charge in [0.25, 0.3) is 0 Å². The van der Waals surface area contributed by atoms with Crippen LogP contribution in [0.1, 0.15) is 5.56 Å². The topological polar surface area (TPSA) is 50.4 Å². The highest BCUT2D eigenvalue weighted by molar-refractivity contribution is 6.30. The van der Waals surface area contributed by atoms with Crippen molar-refractivity contribution in [2.45, 2.75) is 6.61 Å². The second-order valence-electron chi connectivity index (χ2n) is 5.50. The third-order valence-electron chi connectivity index (χ3n) is 3.55. The third kappa shape index (κ3) is 4.97. The lowest BCUT2D eigenvalue weighted by Gasteiger charge is -2.10. The second-order valence-corrected chi connectivity index (χ2v) is 5.93. The molecule has 0 spiro atoms. The molecule has 0 unspecified atom stereocenters. The van der Waals surface area contributed by atoms with Gasteiger partial charge in [-0.15, -0.1) is 0 Å². The van der Waals surface area contributed by atoms with Gasteiger partial charge in [0, 0.05) is 10.7 Å². The van der Waals surface area contributed by atoms with Crippen LogP contribution in [-0.2, 0) is 6.61 Å². The Hall–Kier alpha value is -3.05. The number of urea groups is 1. The Morgan fingerprint density at radius 1 is 0.923 bits per heavy atom. The van der Waals surface area contributed by atoms with Crippen molar-refractivity contribution < 1.29 is 13.9 Å². The number of anilines is 2. The summed E-state index contributed by atoms with van der Waals surface area (Å²) in [6.45, 7) is 0.414. The maximum atomic E-state index is 13.5. The number of benzene rings is 3. The van der Waals surface area contributed by atoms with Crippen molar-refractivity contribution in [1.29, 1.82) is 0 Å². The molecule has 0 aliphatic heterocycles. The van der Waals surface area contributed by atoms with Crippen LogP contribution < -0.4 is 15.4 Å². The first-order chi connectivity index (χ1) is 12.6. The SMILES string of the molecule is O=C(Nc1ccc(OCc2ccc(Cl)cc2)cc1)Nc1ccccc1F. The standard InChI is InChI=1S/C20H16ClFN2O2/c21-15-7-5-14(6-8-15)13-26-17-11-9-16(10-12-17)23-20(25)24-19-4-2-1-3-18(19)22/h1-12H,13H2,(H2,23,24,25). The fourth-order valence-electron chi connectivity index (χ4n) is 2.23. The monoisotopic (exact) mass is 370 g/mol. The molecule has 2 N–H and O–H groups in total. The average molecular weight is 371 g/mol. The smallest absolute Gasteiger partial charge is 0.323 e. The van der Waals surface area contributed by atoms with Gasteiger partial charge in [0.15, 0.2) is 0 Å². The van der Waals surface area contributed by atoms with Gasteiger partial charge < -0.3 is 15.4 Å². The fraction of sp³-hybridized carbons (Fsp3) is 0.0500. The van der Waals surface area contributed by atoms with Gasteiger partial charge in [-0.1, -0.05) is 35.9 Å². The molecule has 3 rings (SSSR count). The number of ether oxygens (including phenoxy) is 1. The van der Waals surface area contributed by atoms with E-state index < -0.39 is 11.8 Å². The predicted octanol–water partition coefficient (Wildman–Crippen LogP) is 5.70. The lowest BCUT2D eigenvalue weighted by atomic mass is 10.2. The number of amides is 2. The van der Waals surface area contributed by atoms with Gasteiger partial charge in [-0.2, -0.15) is 0 Å². The molecule has 3 aromatic carbocycles. The van der Waals surface area contributed by atoms with Gasteiger partial charge in [0.05, 0.1) is 5.69 Å². The van der Waals surface area contributed by atoms with Crippen molar-refractivity contribution in [2.75, 3.05) is 10.6 Å². The normalized spacial score (nSPS) is 10.2. The molecular weight excluding hydrogens is 355 g/mol. The van der Waals surface area contributed by atoms with Crippen molar-refractivity contribution in [3.63, 3.8) is 0 Å². The number of hydrogen-bond acceptors (Lipinski definition) is 2. The summed E-state index contributed by atoms with van der Waals surface area (Å²) in [7, 11) is 0. The van der Waals surface area contributed by atoms with Crippen LogP contribution in [0.5, 0.6) is 5.75 Å². The lowest BCUT2D eigenvalue weighted by molar-refractivity contribution is 0.262. The van der Waals surface area contributed by atoms with Crippen molar-refractivity contribution in [1.82, 2.24) is 0 Å². The van der Waals surface area contributed by atoms with Gasteiger partial charge in [-0.25, -0.2) is 9.18 Å². The fourth-order valence-corrected chi connectivity index (χ4v) is 2.36. The van der Waals surface area contributed by atoms with Crippen LogP contribution in [0.25, 0.3) is 0 Å². The molecule has 0 radical (unpaired) electrons. The highest BCUT2D eigenvalue weighted by Crippen LogP contribution is 2.19. The van der Waals surface area contributed by atoms with Gasteiger partial charge >= 0.3 is 6.03 Å². The molecule has 0 aromatic heterocycles. The number of carbonyl (C=O) groups is 1. The Morgan fingerprint density at radius 2 is 1.62 bits per heavy atom. The molecule has 0 saturated heterocycles. The number of para-hydroxylation sites is 1. The van der Waals surface area contributed by atoms with Gasteiger partial charge in [0.2, 0.25) is 0 Å². The van der Waals surface area contributed by atoms with Gasteiger partial charge in [-0.3, -0.25) is 0 Å². The van der Waals surface area contributed by atoms with E-state index in [0.29, 0.717) is 23.1 Å². The first-order valence-electron chi connectivity index (χ1n) is 7.90. The van der Waals surface area contributed by atoms with E-state index >= 15 is 0 Å². The molecule has 2 amide bonds. The van der Waals surface area contributed by atoms with Crippen molar-refractivity contribution >= 4 is 29.0 Å². The molecule has 0 heterocycles. The van der Waals surface area contributed by atoms with Gasteiger partial charge in [0.1, 0.15) is 18.2 Å². The zero-order valence-electron chi connectivity index (χ0n) is 13.7. The maximum absolute atomic E-state index is 13.5. The van der Waals surface area contributed by atoms with E-state index in [4.69, 9.17) is 16.3 Å². The molecule has 0 aliphatic carbocycles. The Bertz CT molecular complexity index is 883. The molecule has 0 aliphatic rings. The minimum atomic E-state index is -0.523. The van der Waals surface area contributed by atoms with Crippen LogP contribution in [0.3, 0.4) is 0 Å². The first-order valence-corrected chi connectivity index (χ1v) is 8.28. The first kappa shape index (κ1) is 17.8. The highest BCUT2D eigenvalue weighted by Gasteiger charge is 2.06. The van der Waals surface area contributed by atoms with Crippen molar-refractivity contribution in [3.8, 4) is 5.75 Å². The summed E-state index contributed by atoms with van der Waals surface area (Å²) in [6.07, 6.45) is 0. The quantitative estimate of drug-likeness (QED) is 0.605. The van der Waals surface area contributed by atoms with Crippen LogP contribution in [-0.4, -0.2) is 6.03 Å². The summed E-state index contributed by atoms with van der Waals surface area (Å²) in [5.74, 6) is 0.175. The summed E-state index contributed by atoms with van der Waals surface area (Å²) >= 11 is 5.85. The summed E-state index contributed by atoms with van der Waals surface area (Å²) in [5.41, 5.74) is 1.69. The zero-order chi connectivity index (χ0) is 18.4. The number of nitrogens with one attached hydrogen (secondary N) is 2. The van der Waals surface area contributed by atoms with E-state index in [2.05, 4.69) is 10.6 Å². The van der Waals surface area contributed by atoms with E-state index in [1.807, 2.05) is 12.1 Å². The molecule has 26 heavy (non-hydrogen) atoms. The number of rotatable bonds is 5. The number of carbonyl (C=O) groups excluding carboxylic acids is 1. The molecule has 0 bridgehead atoms. The van der Waals surface area contributed by atoms with E-state index in [1.54, 1.807) is 48.5 Å². The van der Waals surface area contributed by atoms with Crippen molar-refractivity contribution in [2.24, 2.45) is 0 Å². The molecule has 0 saturated carbocycles. The van der Waals surface area contributed by atoms with Crippen LogP contribution in [0.2, 0.25) is 5.02 Å². The minimum absolute atomic E-state index is 0.118. The van der Waals surface area contributed by atoms with Crippen LogP contribution >= 0.6 is 11.6 Å². The molecule has 0 fully saturated rings. The van der Waals surface area contributed by atoms with E-state index in [9.17, 15) is 9.18 Å². The van der Waals surface area contributed by atoms with E-state index in [1.165, 1.54) is 12.1 Å². The number of halogens is 2. The van der Waals surface area contributed by atoms with E-state index in [-0.39, 0.29) is 5.69 Å². The molecule has 132 valence electrons. The Morgan fingerprint density at radius 3 is 2.31 bits per heavy atom. The minimum Gasteiger partial charge on any atom is -0.489 e. The summed E-state index contributed by atoms with van der Waals surface area (Å²) in [5, 5.41) is 5.77. The molecule has 0 atom stereocenters. The molecular formula is C20H16ClFN2O2. The third-order valence-corrected chi connectivity index (χ3v) is 3.80. The average Bonchev–Trinajstić information content (AvgIpc) is 2.64. The van der Waals surface area contributed by atoms with Gasteiger partial charge in [-0.05, 0) is 54.1 Å². The Kier molecular flexibility index (Phi) is 5.71. The largest absolute Gasteiger partial charge is 0.489 e. The Balaban J connectivity index is 1.53. The number of hydrogen-bond donors (Lipinski definition) is 2. The van der Waals surface area contributed by atoms with E-state index in [0.717, 1.165) is 5.56 Å².